The Morgan fingerprint density at radius 3 is 2.42 bits per heavy atom. The highest BCUT2D eigenvalue weighted by Crippen LogP contribution is 2.29. The molecule has 0 saturated heterocycles. The summed E-state index contributed by atoms with van der Waals surface area (Å²) in [5.41, 5.74) is 2.00. The molecule has 0 aromatic carbocycles. The topological polar surface area (TPSA) is 12.4 Å². The second-order valence-electron chi connectivity index (χ2n) is 2.07. The summed E-state index contributed by atoms with van der Waals surface area (Å²) in [4.78, 5) is 4.99. The fourth-order valence-electron chi connectivity index (χ4n) is 0.746. The van der Waals surface area contributed by atoms with Crippen LogP contribution in [0.25, 0.3) is 5.57 Å². The molecular weight excluding hydrogens is 166 g/mol. The predicted octanol–water partition coefficient (Wildman–Crippen LogP) is 4.14. The molecule has 0 aliphatic carbocycles. The van der Waals surface area contributed by atoms with Gasteiger partial charge in [0.1, 0.15) is 0 Å². The molecule has 1 aromatic heterocycles. The average Bonchev–Trinajstić information content (AvgIpc) is 2.55. The molecule has 0 fully saturated rings. The van der Waals surface area contributed by atoms with Crippen molar-refractivity contribution in [3.8, 4) is 0 Å². The first-order valence-corrected chi connectivity index (χ1v) is 4.83. The number of thiophene rings is 1. The molecule has 0 atom stereocenters. The van der Waals surface area contributed by atoms with E-state index in [2.05, 4.69) is 18.3 Å². The molecule has 0 amide bonds. The third kappa shape index (κ3) is 2.62. The lowest BCUT2D eigenvalue weighted by Crippen LogP contribution is -1.67. The van der Waals surface area contributed by atoms with Crippen LogP contribution in [0, 0.1) is 0 Å². The molecule has 0 aliphatic heterocycles. The maximum absolute atomic E-state index is 3.85. The van der Waals surface area contributed by atoms with E-state index in [9.17, 15) is 0 Å². The number of allylic oxidation sites excluding steroid dienone is 1. The molecular formula is C10H15NS. The monoisotopic (exact) mass is 181 g/mol. The summed E-state index contributed by atoms with van der Waals surface area (Å²) in [6.07, 6.45) is 0. The number of nitrogens with zero attached hydrogens (tertiary/aromatic N) is 1. The molecule has 0 unspecified atom stereocenters. The molecule has 12 heavy (non-hydrogen) atoms. The fraction of sp³-hybridized carbons (Fsp3) is 0.300. The zero-order valence-electron chi connectivity index (χ0n) is 7.92. The van der Waals surface area contributed by atoms with Gasteiger partial charge in [0.25, 0.3) is 0 Å². The maximum Gasteiger partial charge on any atom is 0.0804 e. The van der Waals surface area contributed by atoms with E-state index in [0.717, 1.165) is 16.1 Å². The van der Waals surface area contributed by atoms with Gasteiger partial charge in [-0.2, -0.15) is 0 Å². The van der Waals surface area contributed by atoms with Gasteiger partial charge in [-0.1, -0.05) is 20.4 Å². The number of rotatable bonds is 2. The zero-order valence-corrected chi connectivity index (χ0v) is 8.74. The van der Waals surface area contributed by atoms with Crippen LogP contribution < -0.4 is 0 Å². The maximum atomic E-state index is 3.85. The van der Waals surface area contributed by atoms with E-state index in [1.54, 1.807) is 11.3 Å². The lowest BCUT2D eigenvalue weighted by atomic mass is 10.2. The van der Waals surface area contributed by atoms with Crippen molar-refractivity contribution in [1.29, 1.82) is 0 Å². The summed E-state index contributed by atoms with van der Waals surface area (Å²) in [6.45, 7) is 13.3. The molecule has 0 radical (unpaired) electrons. The molecule has 0 spiro atoms. The third-order valence-electron chi connectivity index (χ3n) is 1.20. The van der Waals surface area contributed by atoms with Crippen LogP contribution in [0.4, 0.5) is 5.69 Å². The van der Waals surface area contributed by atoms with E-state index in [0.29, 0.717) is 0 Å². The minimum atomic E-state index is 0.942. The van der Waals surface area contributed by atoms with Crippen molar-refractivity contribution in [2.75, 3.05) is 0 Å². The van der Waals surface area contributed by atoms with Crippen molar-refractivity contribution in [1.82, 2.24) is 0 Å². The Morgan fingerprint density at radius 2 is 2.08 bits per heavy atom. The molecule has 1 aromatic rings. The molecule has 0 aliphatic rings. The molecule has 1 heterocycles. The molecule has 1 rings (SSSR count). The highest BCUT2D eigenvalue weighted by Gasteiger charge is 2.00. The Labute approximate surface area is 78.5 Å². The lowest BCUT2D eigenvalue weighted by molar-refractivity contribution is 1.50. The van der Waals surface area contributed by atoms with Crippen molar-refractivity contribution >= 4 is 29.3 Å². The highest BCUT2D eigenvalue weighted by atomic mass is 32.1. The number of hydrogen-bond donors (Lipinski definition) is 0. The van der Waals surface area contributed by atoms with Crippen molar-refractivity contribution in [3.63, 3.8) is 0 Å². The van der Waals surface area contributed by atoms with Crippen LogP contribution in [0.2, 0.25) is 0 Å². The van der Waals surface area contributed by atoms with E-state index in [4.69, 9.17) is 0 Å². The Kier molecular flexibility index (Phi) is 5.30. The Morgan fingerprint density at radius 1 is 1.50 bits per heavy atom. The Bertz CT molecular complexity index is 261. The van der Waals surface area contributed by atoms with Crippen LogP contribution in [0.15, 0.2) is 23.0 Å². The first kappa shape index (κ1) is 11.1. The molecule has 0 N–H and O–H groups in total. The Balaban J connectivity index is 0.000000561. The number of hydrogen-bond acceptors (Lipinski definition) is 2. The zero-order chi connectivity index (χ0) is 9.56. The first-order chi connectivity index (χ1) is 5.75. The SMILES string of the molecule is C=Nc1ccsc1C(=C)C.CC. The van der Waals surface area contributed by atoms with Crippen LogP contribution in [0.5, 0.6) is 0 Å². The minimum absolute atomic E-state index is 0.942. The van der Waals surface area contributed by atoms with Gasteiger partial charge in [0.15, 0.2) is 0 Å². The second kappa shape index (κ2) is 5.72. The fourth-order valence-corrected chi connectivity index (χ4v) is 1.53. The van der Waals surface area contributed by atoms with E-state index in [1.807, 2.05) is 32.2 Å². The van der Waals surface area contributed by atoms with Crippen LogP contribution in [-0.4, -0.2) is 6.72 Å². The summed E-state index contributed by atoms with van der Waals surface area (Å²) in [5, 5.41) is 1.99. The molecule has 0 bridgehead atoms. The van der Waals surface area contributed by atoms with E-state index in [-0.39, 0.29) is 0 Å². The van der Waals surface area contributed by atoms with Gasteiger partial charge in [-0.25, -0.2) is 0 Å². The van der Waals surface area contributed by atoms with Crippen molar-refractivity contribution in [2.24, 2.45) is 4.99 Å². The molecule has 0 saturated carbocycles. The third-order valence-corrected chi connectivity index (χ3v) is 2.27. The van der Waals surface area contributed by atoms with Gasteiger partial charge in [-0.3, -0.25) is 4.99 Å². The van der Waals surface area contributed by atoms with Gasteiger partial charge in [-0.15, -0.1) is 11.3 Å². The average molecular weight is 181 g/mol. The van der Waals surface area contributed by atoms with Gasteiger partial charge < -0.3 is 0 Å². The second-order valence-corrected chi connectivity index (χ2v) is 2.99. The van der Waals surface area contributed by atoms with Gasteiger partial charge in [0, 0.05) is 0 Å². The van der Waals surface area contributed by atoms with Crippen LogP contribution in [-0.2, 0) is 0 Å². The van der Waals surface area contributed by atoms with E-state index in [1.165, 1.54) is 0 Å². The minimum Gasteiger partial charge on any atom is -0.263 e. The van der Waals surface area contributed by atoms with Crippen LogP contribution >= 0.6 is 11.3 Å². The molecule has 1 nitrogen and oxygen atoms in total. The normalized spacial score (nSPS) is 8.25. The Hall–Kier alpha value is -0.890. The van der Waals surface area contributed by atoms with Crippen LogP contribution in [0.1, 0.15) is 25.6 Å². The number of aliphatic imine (C=N–C) groups is 1. The largest absolute Gasteiger partial charge is 0.263 e. The smallest absolute Gasteiger partial charge is 0.0804 e. The van der Waals surface area contributed by atoms with Gasteiger partial charge in [-0.05, 0) is 30.7 Å². The highest BCUT2D eigenvalue weighted by molar-refractivity contribution is 7.11. The summed E-state index contributed by atoms with van der Waals surface area (Å²) in [5.74, 6) is 0. The first-order valence-electron chi connectivity index (χ1n) is 3.96. The lowest BCUT2D eigenvalue weighted by Gasteiger charge is -1.93. The van der Waals surface area contributed by atoms with Gasteiger partial charge in [0.2, 0.25) is 0 Å². The van der Waals surface area contributed by atoms with E-state index < -0.39 is 0 Å². The summed E-state index contributed by atoms with van der Waals surface area (Å²) < 4.78 is 0. The van der Waals surface area contributed by atoms with Crippen molar-refractivity contribution in [3.05, 3.63) is 22.9 Å². The van der Waals surface area contributed by atoms with Gasteiger partial charge in [0.05, 0.1) is 10.6 Å². The summed E-state index contributed by atoms with van der Waals surface area (Å²) >= 11 is 1.65. The van der Waals surface area contributed by atoms with Crippen molar-refractivity contribution < 1.29 is 0 Å². The summed E-state index contributed by atoms with van der Waals surface area (Å²) in [7, 11) is 0. The summed E-state index contributed by atoms with van der Waals surface area (Å²) in [6, 6.07) is 1.95. The molecule has 66 valence electrons. The van der Waals surface area contributed by atoms with E-state index >= 15 is 0 Å². The molecule has 2 heteroatoms. The quantitative estimate of drug-likeness (QED) is 0.608. The van der Waals surface area contributed by atoms with Crippen LogP contribution in [0.3, 0.4) is 0 Å². The van der Waals surface area contributed by atoms with Crippen molar-refractivity contribution in [2.45, 2.75) is 20.8 Å². The van der Waals surface area contributed by atoms with Gasteiger partial charge >= 0.3 is 0 Å². The predicted molar refractivity (Wildman–Crippen MR) is 59.6 cm³/mol. The standard InChI is InChI=1S/C8H9NS.C2H6/c1-6(2)8-7(9-3)4-5-10-8;1-2/h4-5H,1,3H2,2H3;1-2H3.